The Morgan fingerprint density at radius 1 is 1.25 bits per heavy atom. The molecule has 20 heavy (non-hydrogen) atoms. The Balaban J connectivity index is 1.62. The number of rotatable bonds is 8. The summed E-state index contributed by atoms with van der Waals surface area (Å²) in [4.78, 5) is 14.2. The molecular weight excluding hydrogens is 248 g/mol. The molecule has 2 fully saturated rings. The first kappa shape index (κ1) is 15.6. The van der Waals surface area contributed by atoms with Gasteiger partial charge >= 0.3 is 0 Å². The second-order valence-corrected chi connectivity index (χ2v) is 6.63. The first-order valence-corrected chi connectivity index (χ1v) is 8.30. The number of amides is 1. The van der Waals surface area contributed by atoms with Crippen LogP contribution in [0.25, 0.3) is 0 Å². The predicted molar refractivity (Wildman–Crippen MR) is 83.6 cm³/mol. The van der Waals surface area contributed by atoms with Gasteiger partial charge in [0, 0.05) is 32.1 Å². The van der Waals surface area contributed by atoms with Crippen molar-refractivity contribution in [1.29, 1.82) is 0 Å². The molecular formula is C17H30N2O. The van der Waals surface area contributed by atoms with Crippen LogP contribution >= 0.6 is 0 Å². The topological polar surface area (TPSA) is 32.3 Å². The van der Waals surface area contributed by atoms with Gasteiger partial charge in [0.25, 0.3) is 0 Å². The van der Waals surface area contributed by atoms with Crippen LogP contribution in [0.4, 0.5) is 0 Å². The summed E-state index contributed by atoms with van der Waals surface area (Å²) in [5.41, 5.74) is 0. The van der Waals surface area contributed by atoms with Crippen LogP contribution in [0, 0.1) is 5.92 Å². The van der Waals surface area contributed by atoms with Crippen molar-refractivity contribution in [2.45, 2.75) is 69.9 Å². The highest BCUT2D eigenvalue weighted by atomic mass is 16.2. The minimum atomic E-state index is 0.347. The van der Waals surface area contributed by atoms with Crippen molar-refractivity contribution in [2.75, 3.05) is 13.6 Å². The summed E-state index contributed by atoms with van der Waals surface area (Å²) in [6.45, 7) is 4.64. The van der Waals surface area contributed by atoms with Gasteiger partial charge in [0.15, 0.2) is 0 Å². The van der Waals surface area contributed by atoms with Gasteiger partial charge in [-0.25, -0.2) is 0 Å². The van der Waals surface area contributed by atoms with E-state index in [4.69, 9.17) is 0 Å². The van der Waals surface area contributed by atoms with Crippen LogP contribution in [0.15, 0.2) is 12.7 Å². The third-order valence-electron chi connectivity index (χ3n) is 4.86. The van der Waals surface area contributed by atoms with Gasteiger partial charge in [-0.2, -0.15) is 0 Å². The zero-order chi connectivity index (χ0) is 14.4. The number of carbonyl (C=O) groups is 1. The van der Waals surface area contributed by atoms with Crippen LogP contribution in [0.5, 0.6) is 0 Å². The number of allylic oxidation sites excluding steroid dienone is 1. The summed E-state index contributed by atoms with van der Waals surface area (Å²) >= 11 is 0. The van der Waals surface area contributed by atoms with Crippen LogP contribution in [0.1, 0.15) is 57.8 Å². The maximum absolute atomic E-state index is 12.3. The number of nitrogens with one attached hydrogen (secondary N) is 1. The van der Waals surface area contributed by atoms with Crippen LogP contribution in [-0.4, -0.2) is 36.5 Å². The van der Waals surface area contributed by atoms with E-state index in [1.165, 1.54) is 38.5 Å². The second-order valence-electron chi connectivity index (χ2n) is 6.63. The fourth-order valence-electron chi connectivity index (χ4n) is 3.68. The van der Waals surface area contributed by atoms with E-state index in [0.29, 0.717) is 23.9 Å². The zero-order valence-electron chi connectivity index (χ0n) is 12.9. The summed E-state index contributed by atoms with van der Waals surface area (Å²) in [5, 5.41) is 3.64. The predicted octanol–water partition coefficient (Wildman–Crippen LogP) is 3.11. The summed E-state index contributed by atoms with van der Waals surface area (Å²) in [7, 11) is 1.96. The van der Waals surface area contributed by atoms with E-state index in [0.717, 1.165) is 25.8 Å². The van der Waals surface area contributed by atoms with Crippen molar-refractivity contribution in [3.8, 4) is 0 Å². The van der Waals surface area contributed by atoms with Gasteiger partial charge in [-0.3, -0.25) is 4.79 Å². The van der Waals surface area contributed by atoms with Crippen LogP contribution in [0.3, 0.4) is 0 Å². The molecule has 2 rings (SSSR count). The number of carbonyl (C=O) groups excluding carboxylic acids is 1. The molecule has 3 heteroatoms. The lowest BCUT2D eigenvalue weighted by molar-refractivity contribution is -0.131. The molecule has 0 spiro atoms. The number of hydrogen-bond donors (Lipinski definition) is 1. The molecule has 1 N–H and O–H groups in total. The van der Waals surface area contributed by atoms with E-state index in [-0.39, 0.29) is 0 Å². The van der Waals surface area contributed by atoms with Gasteiger partial charge in [-0.05, 0) is 50.9 Å². The molecule has 2 bridgehead atoms. The van der Waals surface area contributed by atoms with Crippen molar-refractivity contribution in [2.24, 2.45) is 5.92 Å². The van der Waals surface area contributed by atoms with Crippen LogP contribution < -0.4 is 5.32 Å². The Bertz CT molecular complexity index is 317. The van der Waals surface area contributed by atoms with Crippen molar-refractivity contribution in [1.82, 2.24) is 10.2 Å². The number of piperidine rings is 1. The summed E-state index contributed by atoms with van der Waals surface area (Å²) < 4.78 is 0. The van der Waals surface area contributed by atoms with Crippen molar-refractivity contribution in [3.63, 3.8) is 0 Å². The second kappa shape index (κ2) is 7.82. The van der Waals surface area contributed by atoms with Gasteiger partial charge in [0.2, 0.25) is 5.91 Å². The molecule has 2 heterocycles. The zero-order valence-corrected chi connectivity index (χ0v) is 12.9. The molecule has 2 aliphatic rings. The van der Waals surface area contributed by atoms with Crippen molar-refractivity contribution >= 4 is 5.91 Å². The van der Waals surface area contributed by atoms with Gasteiger partial charge in [-0.1, -0.05) is 12.5 Å². The molecule has 2 unspecified atom stereocenters. The van der Waals surface area contributed by atoms with E-state index in [9.17, 15) is 4.79 Å². The molecule has 0 saturated carbocycles. The Kier molecular flexibility index (Phi) is 6.08. The van der Waals surface area contributed by atoms with E-state index < -0.39 is 0 Å². The minimum absolute atomic E-state index is 0.347. The van der Waals surface area contributed by atoms with Gasteiger partial charge in [0.05, 0.1) is 0 Å². The summed E-state index contributed by atoms with van der Waals surface area (Å²) in [6, 6.07) is 1.38. The van der Waals surface area contributed by atoms with Crippen LogP contribution in [0.2, 0.25) is 0 Å². The van der Waals surface area contributed by atoms with Gasteiger partial charge < -0.3 is 10.2 Å². The lowest BCUT2D eigenvalue weighted by Crippen LogP contribution is -2.40. The average Bonchev–Trinajstić information content (AvgIpc) is 2.77. The van der Waals surface area contributed by atoms with Crippen molar-refractivity contribution < 1.29 is 4.79 Å². The quantitative estimate of drug-likeness (QED) is 0.546. The highest BCUT2D eigenvalue weighted by molar-refractivity contribution is 5.76. The Morgan fingerprint density at radius 2 is 1.95 bits per heavy atom. The van der Waals surface area contributed by atoms with E-state index >= 15 is 0 Å². The van der Waals surface area contributed by atoms with Crippen LogP contribution in [-0.2, 0) is 4.79 Å². The molecule has 3 nitrogen and oxygen atoms in total. The summed E-state index contributed by atoms with van der Waals surface area (Å²) in [6.07, 6.45) is 12.4. The lowest BCUT2D eigenvalue weighted by atomic mass is 9.89. The highest BCUT2D eigenvalue weighted by Gasteiger charge is 2.34. The number of hydrogen-bond acceptors (Lipinski definition) is 2. The van der Waals surface area contributed by atoms with Gasteiger partial charge in [-0.15, -0.1) is 6.58 Å². The molecule has 2 atom stereocenters. The maximum Gasteiger partial charge on any atom is 0.222 e. The maximum atomic E-state index is 12.3. The minimum Gasteiger partial charge on any atom is -0.346 e. The molecule has 1 amide bonds. The fourth-order valence-corrected chi connectivity index (χ4v) is 3.68. The molecule has 2 saturated heterocycles. The highest BCUT2D eigenvalue weighted by Crippen LogP contribution is 2.32. The van der Waals surface area contributed by atoms with E-state index in [1.807, 2.05) is 18.0 Å². The smallest absolute Gasteiger partial charge is 0.222 e. The molecule has 0 aromatic rings. The van der Waals surface area contributed by atoms with Gasteiger partial charge in [0.1, 0.15) is 0 Å². The van der Waals surface area contributed by atoms with E-state index in [2.05, 4.69) is 11.9 Å². The Morgan fingerprint density at radius 3 is 2.60 bits per heavy atom. The normalized spacial score (nSPS) is 28.4. The fraction of sp³-hybridized carbons (Fsp3) is 0.824. The number of fused-ring (bicyclic) bond motifs is 2. The Hall–Kier alpha value is -0.830. The molecule has 0 radical (unpaired) electrons. The average molecular weight is 278 g/mol. The largest absolute Gasteiger partial charge is 0.346 e. The molecule has 0 aromatic carbocycles. The summed E-state index contributed by atoms with van der Waals surface area (Å²) in [5.74, 6) is 0.962. The lowest BCUT2D eigenvalue weighted by Gasteiger charge is -2.30. The standard InChI is InChI=1S/C17H30N2O/c1-3-4-5-6-7-10-19(2)17(20)13-14-11-15-8-9-16(12-14)18-15/h3,14-16,18H,1,4-13H2,2H3. The first-order chi connectivity index (χ1) is 9.69. The third kappa shape index (κ3) is 4.62. The SMILES string of the molecule is C=CCCCCCN(C)C(=O)CC1CC2CCC(C1)N2. The molecule has 2 aliphatic heterocycles. The third-order valence-corrected chi connectivity index (χ3v) is 4.86. The number of unbranched alkanes of at least 4 members (excludes halogenated alkanes) is 3. The number of nitrogens with zero attached hydrogens (tertiary/aromatic N) is 1. The molecule has 114 valence electrons. The molecule has 0 aliphatic carbocycles. The first-order valence-electron chi connectivity index (χ1n) is 8.30. The monoisotopic (exact) mass is 278 g/mol. The van der Waals surface area contributed by atoms with E-state index in [1.54, 1.807) is 0 Å². The molecule has 0 aromatic heterocycles. The Labute approximate surface area is 123 Å². The van der Waals surface area contributed by atoms with Crippen molar-refractivity contribution in [3.05, 3.63) is 12.7 Å².